The summed E-state index contributed by atoms with van der Waals surface area (Å²) in [4.78, 5) is 16.4. The third-order valence-corrected chi connectivity index (χ3v) is 4.35. The SMILES string of the molecule is Cl.NCCc1nc(C(=O)Nc2ccc(OC3CCOC3)cc2)cs1. The number of hydrogen-bond acceptors (Lipinski definition) is 6. The number of carbonyl (C=O) groups excluding carboxylic acids is 1. The molecule has 1 fully saturated rings. The van der Waals surface area contributed by atoms with Crippen molar-refractivity contribution in [2.24, 2.45) is 5.73 Å². The molecule has 1 atom stereocenters. The van der Waals surface area contributed by atoms with Crippen LogP contribution in [0.2, 0.25) is 0 Å². The zero-order chi connectivity index (χ0) is 16.1. The van der Waals surface area contributed by atoms with Crippen molar-refractivity contribution in [1.29, 1.82) is 0 Å². The predicted molar refractivity (Wildman–Crippen MR) is 96.4 cm³/mol. The highest BCUT2D eigenvalue weighted by atomic mass is 35.5. The number of thiazole rings is 1. The minimum absolute atomic E-state index is 0. The molecule has 2 aromatic rings. The monoisotopic (exact) mass is 369 g/mol. The molecule has 1 aliphatic heterocycles. The Morgan fingerprint density at radius 3 is 2.88 bits per heavy atom. The van der Waals surface area contributed by atoms with Crippen LogP contribution in [0.15, 0.2) is 29.6 Å². The molecule has 2 heterocycles. The number of nitrogens with two attached hydrogens (primary N) is 1. The standard InChI is InChI=1S/C16H19N3O3S.ClH/c17-7-5-15-19-14(10-23-15)16(20)18-11-1-3-12(4-2-11)22-13-6-8-21-9-13;/h1-4,10,13H,5-9,17H2,(H,18,20);1H. The summed E-state index contributed by atoms with van der Waals surface area (Å²) in [6, 6.07) is 7.32. The Balaban J connectivity index is 0.00000208. The molecular formula is C16H20ClN3O3S. The first kappa shape index (κ1) is 18.7. The number of nitrogens with zero attached hydrogens (tertiary/aromatic N) is 1. The Hall–Kier alpha value is -1.67. The zero-order valence-corrected chi connectivity index (χ0v) is 14.7. The fraction of sp³-hybridized carbons (Fsp3) is 0.375. The molecule has 0 spiro atoms. The summed E-state index contributed by atoms with van der Waals surface area (Å²) < 4.78 is 11.1. The summed E-state index contributed by atoms with van der Waals surface area (Å²) in [5, 5.41) is 5.45. The average Bonchev–Trinajstić information content (AvgIpc) is 3.21. The maximum absolute atomic E-state index is 12.1. The van der Waals surface area contributed by atoms with Gasteiger partial charge in [-0.2, -0.15) is 0 Å². The van der Waals surface area contributed by atoms with Crippen molar-refractivity contribution >= 4 is 35.3 Å². The Labute approximate surface area is 150 Å². The quantitative estimate of drug-likeness (QED) is 0.816. The third kappa shape index (κ3) is 4.91. The fourth-order valence-electron chi connectivity index (χ4n) is 2.26. The fourth-order valence-corrected chi connectivity index (χ4v) is 3.06. The minimum Gasteiger partial charge on any atom is -0.488 e. The van der Waals surface area contributed by atoms with Crippen molar-refractivity contribution in [1.82, 2.24) is 4.98 Å². The molecule has 1 saturated heterocycles. The van der Waals surface area contributed by atoms with Crippen molar-refractivity contribution in [2.75, 3.05) is 25.1 Å². The van der Waals surface area contributed by atoms with E-state index in [-0.39, 0.29) is 24.4 Å². The number of nitrogens with one attached hydrogen (secondary N) is 1. The van der Waals surface area contributed by atoms with E-state index in [4.69, 9.17) is 15.2 Å². The lowest BCUT2D eigenvalue weighted by atomic mass is 10.2. The van der Waals surface area contributed by atoms with Crippen LogP contribution in [-0.2, 0) is 11.2 Å². The number of hydrogen-bond donors (Lipinski definition) is 2. The average molecular weight is 370 g/mol. The molecule has 3 rings (SSSR count). The highest BCUT2D eigenvalue weighted by Gasteiger charge is 2.17. The van der Waals surface area contributed by atoms with E-state index in [2.05, 4.69) is 10.3 Å². The van der Waals surface area contributed by atoms with Gasteiger partial charge >= 0.3 is 0 Å². The lowest BCUT2D eigenvalue weighted by Gasteiger charge is -2.12. The Kier molecular flexibility index (Phi) is 6.99. The van der Waals surface area contributed by atoms with Crippen LogP contribution in [0.1, 0.15) is 21.9 Å². The molecule has 1 unspecified atom stereocenters. The number of ether oxygens (including phenoxy) is 2. The molecule has 6 nitrogen and oxygen atoms in total. The normalized spacial score (nSPS) is 16.5. The van der Waals surface area contributed by atoms with Gasteiger partial charge in [0.25, 0.3) is 5.91 Å². The summed E-state index contributed by atoms with van der Waals surface area (Å²) in [5.74, 6) is 0.555. The van der Waals surface area contributed by atoms with Gasteiger partial charge in [-0.25, -0.2) is 4.98 Å². The predicted octanol–water partition coefficient (Wildman–Crippen LogP) is 2.49. The molecule has 0 radical (unpaired) electrons. The second kappa shape index (κ2) is 8.98. The van der Waals surface area contributed by atoms with Crippen molar-refractivity contribution in [2.45, 2.75) is 18.9 Å². The second-order valence-electron chi connectivity index (χ2n) is 5.25. The van der Waals surface area contributed by atoms with Gasteiger partial charge in [0.1, 0.15) is 17.5 Å². The van der Waals surface area contributed by atoms with Crippen LogP contribution in [0.4, 0.5) is 5.69 Å². The highest BCUT2D eigenvalue weighted by molar-refractivity contribution is 7.09. The summed E-state index contributed by atoms with van der Waals surface area (Å²) in [7, 11) is 0. The zero-order valence-electron chi connectivity index (χ0n) is 13.1. The van der Waals surface area contributed by atoms with Crippen LogP contribution in [0.3, 0.4) is 0 Å². The summed E-state index contributed by atoms with van der Waals surface area (Å²) >= 11 is 1.45. The summed E-state index contributed by atoms with van der Waals surface area (Å²) in [6.07, 6.45) is 1.72. The van der Waals surface area contributed by atoms with E-state index in [1.165, 1.54) is 11.3 Å². The topological polar surface area (TPSA) is 86.5 Å². The molecule has 0 aliphatic carbocycles. The first-order chi connectivity index (χ1) is 11.2. The van der Waals surface area contributed by atoms with Crippen LogP contribution in [0.5, 0.6) is 5.75 Å². The smallest absolute Gasteiger partial charge is 0.275 e. The lowest BCUT2D eigenvalue weighted by molar-refractivity contribution is 0.102. The van der Waals surface area contributed by atoms with Gasteiger partial charge in [0.2, 0.25) is 0 Å². The molecule has 1 amide bonds. The van der Waals surface area contributed by atoms with Gasteiger partial charge < -0.3 is 20.5 Å². The maximum atomic E-state index is 12.1. The molecule has 1 aromatic heterocycles. The van der Waals surface area contributed by atoms with E-state index >= 15 is 0 Å². The van der Waals surface area contributed by atoms with E-state index in [9.17, 15) is 4.79 Å². The largest absolute Gasteiger partial charge is 0.488 e. The molecule has 1 aliphatic rings. The molecule has 8 heteroatoms. The van der Waals surface area contributed by atoms with Gasteiger partial charge in [0.05, 0.1) is 18.2 Å². The number of halogens is 1. The molecule has 0 bridgehead atoms. The number of amides is 1. The minimum atomic E-state index is -0.220. The van der Waals surface area contributed by atoms with E-state index in [1.807, 2.05) is 24.3 Å². The van der Waals surface area contributed by atoms with Crippen molar-refractivity contribution < 1.29 is 14.3 Å². The second-order valence-corrected chi connectivity index (χ2v) is 6.19. The van der Waals surface area contributed by atoms with Crippen LogP contribution >= 0.6 is 23.7 Å². The van der Waals surface area contributed by atoms with Crippen LogP contribution in [0.25, 0.3) is 0 Å². The number of carbonyl (C=O) groups is 1. The summed E-state index contributed by atoms with van der Waals surface area (Å²) in [5.41, 5.74) is 6.61. The highest BCUT2D eigenvalue weighted by Crippen LogP contribution is 2.20. The first-order valence-corrected chi connectivity index (χ1v) is 8.43. The van der Waals surface area contributed by atoms with Crippen LogP contribution in [-0.4, -0.2) is 36.8 Å². The molecular weight excluding hydrogens is 350 g/mol. The number of rotatable bonds is 6. The first-order valence-electron chi connectivity index (χ1n) is 7.55. The molecule has 1 aromatic carbocycles. The Morgan fingerprint density at radius 2 is 2.21 bits per heavy atom. The van der Waals surface area contributed by atoms with Crippen LogP contribution in [0, 0.1) is 0 Å². The number of aromatic nitrogens is 1. The maximum Gasteiger partial charge on any atom is 0.275 e. The molecule has 3 N–H and O–H groups in total. The number of anilines is 1. The van der Waals surface area contributed by atoms with Crippen molar-refractivity contribution in [3.8, 4) is 5.75 Å². The Morgan fingerprint density at radius 1 is 1.42 bits per heavy atom. The molecule has 24 heavy (non-hydrogen) atoms. The summed E-state index contributed by atoms with van der Waals surface area (Å²) in [6.45, 7) is 1.91. The van der Waals surface area contributed by atoms with Gasteiger partial charge in [0.15, 0.2) is 0 Å². The van der Waals surface area contributed by atoms with Gasteiger partial charge in [-0.15, -0.1) is 23.7 Å². The van der Waals surface area contributed by atoms with E-state index in [1.54, 1.807) is 5.38 Å². The van der Waals surface area contributed by atoms with E-state index in [0.29, 0.717) is 31.0 Å². The van der Waals surface area contributed by atoms with E-state index < -0.39 is 0 Å². The van der Waals surface area contributed by atoms with Gasteiger partial charge in [-0.05, 0) is 30.8 Å². The van der Waals surface area contributed by atoms with Gasteiger partial charge in [-0.3, -0.25) is 4.79 Å². The molecule has 0 saturated carbocycles. The molecule has 130 valence electrons. The third-order valence-electron chi connectivity index (χ3n) is 3.45. The van der Waals surface area contributed by atoms with Crippen LogP contribution < -0.4 is 15.8 Å². The van der Waals surface area contributed by atoms with Gasteiger partial charge in [-0.1, -0.05) is 0 Å². The lowest BCUT2D eigenvalue weighted by Crippen LogP contribution is -2.16. The van der Waals surface area contributed by atoms with Gasteiger partial charge in [0, 0.05) is 23.9 Å². The Bertz CT molecular complexity index is 657. The number of benzene rings is 1. The van der Waals surface area contributed by atoms with Crippen molar-refractivity contribution in [3.05, 3.63) is 40.3 Å². The van der Waals surface area contributed by atoms with Crippen molar-refractivity contribution in [3.63, 3.8) is 0 Å². The van der Waals surface area contributed by atoms with E-state index in [0.717, 1.165) is 23.8 Å².